The lowest BCUT2D eigenvalue weighted by atomic mass is 9.95. The predicted octanol–water partition coefficient (Wildman–Crippen LogP) is 6.13. The van der Waals surface area contributed by atoms with Crippen molar-refractivity contribution in [3.8, 4) is 6.07 Å². The van der Waals surface area contributed by atoms with Crippen molar-refractivity contribution in [1.82, 2.24) is 0 Å². The van der Waals surface area contributed by atoms with Crippen molar-refractivity contribution in [3.05, 3.63) is 13.2 Å². The van der Waals surface area contributed by atoms with Gasteiger partial charge in [-0.2, -0.15) is 5.26 Å². The number of hydrogen-bond donors (Lipinski definition) is 0. The van der Waals surface area contributed by atoms with E-state index in [0.717, 1.165) is 64.1 Å². The highest BCUT2D eigenvalue weighted by Gasteiger charge is 2.27. The number of rotatable bonds is 14. The number of hydrogen-bond acceptors (Lipinski definition) is 5. The van der Waals surface area contributed by atoms with Crippen LogP contribution in [0.15, 0.2) is 0 Å². The maximum absolute atomic E-state index is 9.44. The highest BCUT2D eigenvalue weighted by Crippen LogP contribution is 2.26. The summed E-state index contributed by atoms with van der Waals surface area (Å²) < 4.78 is 23.6. The van der Waals surface area contributed by atoms with E-state index >= 15 is 0 Å². The molecule has 0 N–H and O–H groups in total. The molecule has 2 saturated heterocycles. The molecule has 2 heterocycles. The summed E-state index contributed by atoms with van der Waals surface area (Å²) in [5, 5.41) is 9.44. The Morgan fingerprint density at radius 1 is 0.800 bits per heavy atom. The third kappa shape index (κ3) is 11.6. The predicted molar refractivity (Wildman–Crippen MR) is 118 cm³/mol. The topological polar surface area (TPSA) is 60.7 Å². The Morgan fingerprint density at radius 2 is 1.33 bits per heavy atom. The Kier molecular flexibility index (Phi) is 14.5. The maximum atomic E-state index is 9.44. The van der Waals surface area contributed by atoms with Gasteiger partial charge in [-0.25, -0.2) is 0 Å². The second-order valence-electron chi connectivity index (χ2n) is 8.77. The summed E-state index contributed by atoms with van der Waals surface area (Å²) in [6.07, 6.45) is 17.3. The third-order valence-electron chi connectivity index (χ3n) is 6.04. The molecular weight excluding hydrogens is 378 g/mol. The van der Waals surface area contributed by atoms with Gasteiger partial charge in [-0.1, -0.05) is 64.7 Å². The molecule has 5 heteroatoms. The van der Waals surface area contributed by atoms with Crippen molar-refractivity contribution in [2.75, 3.05) is 26.4 Å². The van der Waals surface area contributed by atoms with E-state index < -0.39 is 0 Å². The molecule has 0 spiro atoms. The number of fused-ring (bicyclic) bond motifs is 4. The van der Waals surface area contributed by atoms with Gasteiger partial charge in [0.25, 0.3) is 0 Å². The van der Waals surface area contributed by atoms with Crippen LogP contribution in [0.1, 0.15) is 96.3 Å². The van der Waals surface area contributed by atoms with E-state index in [1.807, 2.05) is 0 Å². The van der Waals surface area contributed by atoms with Crippen LogP contribution in [0.4, 0.5) is 0 Å². The van der Waals surface area contributed by atoms with Crippen molar-refractivity contribution in [3.63, 3.8) is 0 Å². The first kappa shape index (κ1) is 25.6. The summed E-state index contributed by atoms with van der Waals surface area (Å²) in [6, 6.07) is 2.52. The Bertz CT molecular complexity index is 423. The van der Waals surface area contributed by atoms with Crippen molar-refractivity contribution in [2.45, 2.75) is 109 Å². The van der Waals surface area contributed by atoms with E-state index in [4.69, 9.17) is 18.9 Å². The minimum absolute atomic E-state index is 0.0264. The summed E-state index contributed by atoms with van der Waals surface area (Å²) >= 11 is 0. The van der Waals surface area contributed by atoms with Gasteiger partial charge < -0.3 is 18.9 Å². The second kappa shape index (κ2) is 17.0. The molecule has 3 unspecified atom stereocenters. The zero-order valence-corrected chi connectivity index (χ0v) is 19.0. The van der Waals surface area contributed by atoms with Crippen LogP contribution in [-0.2, 0) is 18.9 Å². The summed E-state index contributed by atoms with van der Waals surface area (Å²) in [6.45, 7) is 6.52. The summed E-state index contributed by atoms with van der Waals surface area (Å²) in [5.74, 6) is 0.215. The minimum atomic E-state index is 0.0264. The lowest BCUT2D eigenvalue weighted by Gasteiger charge is -2.23. The normalized spacial score (nSPS) is 24.3. The molecule has 2 rings (SSSR count). The highest BCUT2D eigenvalue weighted by atomic mass is 16.7. The molecule has 0 aromatic heterocycles. The Balaban J connectivity index is 1.56. The fraction of sp³-hybridized carbons (Fsp3) is 0.880. The van der Waals surface area contributed by atoms with Crippen molar-refractivity contribution in [2.24, 2.45) is 5.92 Å². The molecule has 0 aromatic rings. The Labute approximate surface area is 184 Å². The third-order valence-corrected chi connectivity index (χ3v) is 6.04. The fourth-order valence-electron chi connectivity index (χ4n) is 4.11. The van der Waals surface area contributed by atoms with Crippen LogP contribution in [-0.4, -0.2) is 38.6 Å². The molecule has 0 saturated carbocycles. The molecule has 0 amide bonds. The van der Waals surface area contributed by atoms with E-state index in [0.29, 0.717) is 26.4 Å². The zero-order chi connectivity index (χ0) is 21.3. The van der Waals surface area contributed by atoms with Gasteiger partial charge in [-0.05, 0) is 32.1 Å². The average molecular weight is 422 g/mol. The first-order valence-corrected chi connectivity index (χ1v) is 12.3. The molecule has 2 fully saturated rings. The van der Waals surface area contributed by atoms with E-state index in [9.17, 15) is 5.26 Å². The first-order chi connectivity index (χ1) is 14.8. The lowest BCUT2D eigenvalue weighted by Crippen LogP contribution is -2.24. The summed E-state index contributed by atoms with van der Waals surface area (Å²) in [4.78, 5) is 0. The van der Waals surface area contributed by atoms with Crippen LogP contribution in [0.5, 0.6) is 0 Å². The molecule has 5 nitrogen and oxygen atoms in total. The lowest BCUT2D eigenvalue weighted by molar-refractivity contribution is -0.113. The average Bonchev–Trinajstić information content (AvgIpc) is 2.92. The molecule has 2 radical (unpaired) electrons. The smallest absolute Gasteiger partial charge is 0.224 e. The quantitative estimate of drug-likeness (QED) is 0.316. The summed E-state index contributed by atoms with van der Waals surface area (Å²) in [5.41, 5.74) is 0. The van der Waals surface area contributed by atoms with E-state index in [1.54, 1.807) is 0 Å². The van der Waals surface area contributed by atoms with Crippen LogP contribution in [0.2, 0.25) is 0 Å². The Hall–Kier alpha value is -0.670. The van der Waals surface area contributed by atoms with Gasteiger partial charge in [0.2, 0.25) is 6.29 Å². The number of nitriles is 1. The zero-order valence-electron chi connectivity index (χ0n) is 19.0. The SMILES string of the molecule is [CH2]CCCCCCCCC(C#N)CCCCC[C]1OC2CCOCC(CCOC2)O1. The van der Waals surface area contributed by atoms with Crippen LogP contribution < -0.4 is 0 Å². The molecule has 0 aromatic carbocycles. The molecule has 2 aliphatic rings. The molecule has 2 aliphatic heterocycles. The van der Waals surface area contributed by atoms with E-state index in [-0.39, 0.29) is 18.1 Å². The van der Waals surface area contributed by atoms with Crippen LogP contribution in [0, 0.1) is 30.5 Å². The van der Waals surface area contributed by atoms with Gasteiger partial charge >= 0.3 is 0 Å². The number of unbranched alkanes of at least 4 members (excludes halogenated alkanes) is 8. The molecule has 2 bridgehead atoms. The molecule has 30 heavy (non-hydrogen) atoms. The van der Waals surface area contributed by atoms with Crippen molar-refractivity contribution >= 4 is 0 Å². The molecular formula is C25H43NO4. The second-order valence-corrected chi connectivity index (χ2v) is 8.77. The number of ether oxygens (including phenoxy) is 4. The first-order valence-electron chi connectivity index (χ1n) is 12.3. The number of nitrogens with zero attached hydrogens (tertiary/aromatic N) is 1. The van der Waals surface area contributed by atoms with Crippen LogP contribution in [0.3, 0.4) is 0 Å². The van der Waals surface area contributed by atoms with Gasteiger partial charge in [-0.15, -0.1) is 0 Å². The highest BCUT2D eigenvalue weighted by molar-refractivity contribution is 4.82. The monoisotopic (exact) mass is 421 g/mol. The van der Waals surface area contributed by atoms with Crippen LogP contribution in [0.25, 0.3) is 0 Å². The van der Waals surface area contributed by atoms with Gasteiger partial charge in [-0.3, -0.25) is 0 Å². The largest absolute Gasteiger partial charge is 0.379 e. The van der Waals surface area contributed by atoms with E-state index in [2.05, 4.69) is 13.0 Å². The van der Waals surface area contributed by atoms with Crippen molar-refractivity contribution in [1.29, 1.82) is 5.26 Å². The van der Waals surface area contributed by atoms with Crippen molar-refractivity contribution < 1.29 is 18.9 Å². The van der Waals surface area contributed by atoms with Gasteiger partial charge in [0.15, 0.2) is 0 Å². The van der Waals surface area contributed by atoms with Gasteiger partial charge in [0.1, 0.15) is 0 Å². The van der Waals surface area contributed by atoms with Crippen LogP contribution >= 0.6 is 0 Å². The molecule has 3 atom stereocenters. The fourth-order valence-corrected chi connectivity index (χ4v) is 4.11. The van der Waals surface area contributed by atoms with Gasteiger partial charge in [0, 0.05) is 25.6 Å². The van der Waals surface area contributed by atoms with Gasteiger partial charge in [0.05, 0.1) is 31.5 Å². The maximum Gasteiger partial charge on any atom is 0.224 e. The Morgan fingerprint density at radius 3 is 1.90 bits per heavy atom. The standard InChI is InChI=1S/C25H43NO4/c1-2-3-4-5-6-7-9-12-22(19-26)13-10-8-11-14-25-29-23-15-17-27-21-24(30-25)16-18-28-20-23/h22-24H,1-18,20-21H2. The van der Waals surface area contributed by atoms with E-state index in [1.165, 1.54) is 38.5 Å². The molecule has 172 valence electrons. The summed E-state index contributed by atoms with van der Waals surface area (Å²) in [7, 11) is 0. The minimum Gasteiger partial charge on any atom is -0.379 e. The molecule has 0 aliphatic carbocycles.